The van der Waals surface area contributed by atoms with E-state index in [1.54, 1.807) is 29.5 Å². The standard InChI is InChI=1S/C18H14N2O5S2/c21-16(23-7-13-9-27-18(20-13)12-3-4-26-8-12)6-19-17(22)11-1-2-14-15(5-11)25-10-24-14/h1-5,8-9H,6-7,10H2,(H,19,22). The molecule has 4 rings (SSSR count). The van der Waals surface area contributed by atoms with Gasteiger partial charge in [0.05, 0.1) is 5.69 Å². The van der Waals surface area contributed by atoms with Gasteiger partial charge in [-0.05, 0) is 29.6 Å². The Hall–Kier alpha value is -2.91. The van der Waals surface area contributed by atoms with Crippen molar-refractivity contribution in [2.75, 3.05) is 13.3 Å². The molecule has 0 unspecified atom stereocenters. The molecular weight excluding hydrogens is 388 g/mol. The highest BCUT2D eigenvalue weighted by Crippen LogP contribution is 2.32. The van der Waals surface area contributed by atoms with Crippen LogP contribution in [0.1, 0.15) is 16.1 Å². The van der Waals surface area contributed by atoms with Crippen molar-refractivity contribution in [3.05, 3.63) is 51.7 Å². The Morgan fingerprint density at radius 2 is 2.07 bits per heavy atom. The molecule has 1 aliphatic rings. The lowest BCUT2D eigenvalue weighted by atomic mass is 10.2. The van der Waals surface area contributed by atoms with Crippen molar-refractivity contribution < 1.29 is 23.8 Å². The van der Waals surface area contributed by atoms with Crippen LogP contribution in [-0.4, -0.2) is 30.2 Å². The molecule has 1 N–H and O–H groups in total. The van der Waals surface area contributed by atoms with Gasteiger partial charge in [0.2, 0.25) is 6.79 Å². The molecule has 27 heavy (non-hydrogen) atoms. The largest absolute Gasteiger partial charge is 0.458 e. The number of aromatic nitrogens is 1. The number of hydrogen-bond donors (Lipinski definition) is 1. The van der Waals surface area contributed by atoms with Crippen molar-refractivity contribution in [2.24, 2.45) is 0 Å². The van der Waals surface area contributed by atoms with E-state index in [0.717, 1.165) is 10.6 Å². The summed E-state index contributed by atoms with van der Waals surface area (Å²) in [6.45, 7) is -0.0222. The summed E-state index contributed by atoms with van der Waals surface area (Å²) in [6.07, 6.45) is 0. The smallest absolute Gasteiger partial charge is 0.325 e. The number of thiophene rings is 1. The highest BCUT2D eigenvalue weighted by atomic mass is 32.1. The second-order valence-corrected chi connectivity index (χ2v) is 7.21. The van der Waals surface area contributed by atoms with Crippen LogP contribution in [0, 0.1) is 0 Å². The normalized spacial score (nSPS) is 12.0. The lowest BCUT2D eigenvalue weighted by molar-refractivity contribution is -0.143. The molecule has 7 nitrogen and oxygen atoms in total. The number of fused-ring (bicyclic) bond motifs is 1. The molecule has 0 saturated carbocycles. The van der Waals surface area contributed by atoms with E-state index in [0.29, 0.717) is 22.8 Å². The quantitative estimate of drug-likeness (QED) is 0.638. The molecular formula is C18H14N2O5S2. The molecule has 0 atom stereocenters. The van der Waals surface area contributed by atoms with E-state index in [-0.39, 0.29) is 19.9 Å². The Morgan fingerprint density at radius 3 is 2.93 bits per heavy atom. The third-order valence-electron chi connectivity index (χ3n) is 3.73. The second kappa shape index (κ2) is 7.77. The van der Waals surface area contributed by atoms with Crippen LogP contribution in [0.15, 0.2) is 40.4 Å². The van der Waals surface area contributed by atoms with Gasteiger partial charge in [0.25, 0.3) is 5.91 Å². The number of nitrogens with one attached hydrogen (secondary N) is 1. The van der Waals surface area contributed by atoms with Crippen LogP contribution >= 0.6 is 22.7 Å². The molecule has 0 radical (unpaired) electrons. The number of amides is 1. The molecule has 0 spiro atoms. The number of ether oxygens (including phenoxy) is 3. The summed E-state index contributed by atoms with van der Waals surface area (Å²) in [5.41, 5.74) is 2.11. The number of nitrogens with zero attached hydrogens (tertiary/aromatic N) is 1. The lowest BCUT2D eigenvalue weighted by Gasteiger charge is -2.06. The molecule has 3 heterocycles. The van der Waals surface area contributed by atoms with Gasteiger partial charge in [-0.3, -0.25) is 9.59 Å². The Kier molecular flexibility index (Phi) is 5.03. The number of rotatable bonds is 6. The van der Waals surface area contributed by atoms with Crippen molar-refractivity contribution >= 4 is 34.6 Å². The Bertz CT molecular complexity index is 968. The van der Waals surface area contributed by atoms with Gasteiger partial charge in [0, 0.05) is 21.9 Å². The summed E-state index contributed by atoms with van der Waals surface area (Å²) < 4.78 is 15.6. The van der Waals surface area contributed by atoms with Crippen LogP contribution in [0.4, 0.5) is 0 Å². The van der Waals surface area contributed by atoms with Gasteiger partial charge in [-0.25, -0.2) is 4.98 Å². The molecule has 138 valence electrons. The maximum atomic E-state index is 12.1. The third kappa shape index (κ3) is 4.09. The fourth-order valence-electron chi connectivity index (χ4n) is 2.39. The molecule has 0 aliphatic carbocycles. The molecule has 0 bridgehead atoms. The van der Waals surface area contributed by atoms with Gasteiger partial charge in [0.1, 0.15) is 18.2 Å². The van der Waals surface area contributed by atoms with Crippen LogP contribution < -0.4 is 14.8 Å². The first-order valence-corrected chi connectivity index (χ1v) is 9.82. The van der Waals surface area contributed by atoms with Gasteiger partial charge >= 0.3 is 5.97 Å². The van der Waals surface area contributed by atoms with Crippen LogP contribution in [0.3, 0.4) is 0 Å². The van der Waals surface area contributed by atoms with Crippen molar-refractivity contribution in [2.45, 2.75) is 6.61 Å². The van der Waals surface area contributed by atoms with Crippen molar-refractivity contribution in [3.63, 3.8) is 0 Å². The SMILES string of the molecule is O=C(CNC(=O)c1ccc2c(c1)OCO2)OCc1csc(-c2ccsc2)n1. The molecule has 1 amide bonds. The molecule has 0 fully saturated rings. The van der Waals surface area contributed by atoms with E-state index in [1.807, 2.05) is 22.2 Å². The predicted octanol–water partition coefficient (Wildman–Crippen LogP) is 3.07. The average Bonchev–Trinajstić information content (AvgIpc) is 3.44. The highest BCUT2D eigenvalue weighted by molar-refractivity contribution is 7.14. The van der Waals surface area contributed by atoms with E-state index >= 15 is 0 Å². The summed E-state index contributed by atoms with van der Waals surface area (Å²) in [6, 6.07) is 6.83. The first-order chi connectivity index (χ1) is 13.2. The van der Waals surface area contributed by atoms with E-state index in [1.165, 1.54) is 11.3 Å². The zero-order chi connectivity index (χ0) is 18.6. The molecule has 1 aromatic carbocycles. The van der Waals surface area contributed by atoms with E-state index in [4.69, 9.17) is 14.2 Å². The van der Waals surface area contributed by atoms with Crippen LogP contribution in [0.25, 0.3) is 10.6 Å². The maximum Gasteiger partial charge on any atom is 0.325 e. The summed E-state index contributed by atoms with van der Waals surface area (Å²) in [7, 11) is 0. The monoisotopic (exact) mass is 402 g/mol. The van der Waals surface area contributed by atoms with Gasteiger partial charge in [-0.1, -0.05) is 0 Å². The molecule has 0 saturated heterocycles. The third-order valence-corrected chi connectivity index (χ3v) is 5.35. The predicted molar refractivity (Wildman–Crippen MR) is 100 cm³/mol. The van der Waals surface area contributed by atoms with Gasteiger partial charge in [0.15, 0.2) is 11.5 Å². The van der Waals surface area contributed by atoms with Gasteiger partial charge < -0.3 is 19.5 Å². The van der Waals surface area contributed by atoms with Crippen molar-refractivity contribution in [1.29, 1.82) is 0 Å². The van der Waals surface area contributed by atoms with Crippen molar-refractivity contribution in [1.82, 2.24) is 10.3 Å². The van der Waals surface area contributed by atoms with Gasteiger partial charge in [-0.15, -0.1) is 11.3 Å². The zero-order valence-corrected chi connectivity index (χ0v) is 15.6. The summed E-state index contributed by atoms with van der Waals surface area (Å²) in [5, 5.41) is 9.27. The van der Waals surface area contributed by atoms with E-state index < -0.39 is 11.9 Å². The zero-order valence-electron chi connectivity index (χ0n) is 14.0. The molecule has 1 aliphatic heterocycles. The van der Waals surface area contributed by atoms with E-state index in [2.05, 4.69) is 10.3 Å². The van der Waals surface area contributed by atoms with Crippen LogP contribution in [0.2, 0.25) is 0 Å². The number of esters is 1. The van der Waals surface area contributed by atoms with E-state index in [9.17, 15) is 9.59 Å². The molecule has 9 heteroatoms. The number of thiazole rings is 1. The number of hydrogen-bond acceptors (Lipinski definition) is 8. The summed E-state index contributed by atoms with van der Waals surface area (Å²) in [4.78, 5) is 28.4. The Labute approximate surface area is 162 Å². The topological polar surface area (TPSA) is 86.8 Å². The fraction of sp³-hybridized carbons (Fsp3) is 0.167. The molecule has 3 aromatic rings. The van der Waals surface area contributed by atoms with Crippen LogP contribution in [-0.2, 0) is 16.1 Å². The number of carbonyl (C=O) groups is 2. The highest BCUT2D eigenvalue weighted by Gasteiger charge is 2.17. The maximum absolute atomic E-state index is 12.1. The van der Waals surface area contributed by atoms with Crippen LogP contribution in [0.5, 0.6) is 11.5 Å². The summed E-state index contributed by atoms with van der Waals surface area (Å²) >= 11 is 3.10. The molecule has 2 aromatic heterocycles. The minimum Gasteiger partial charge on any atom is -0.458 e. The average molecular weight is 402 g/mol. The van der Waals surface area contributed by atoms with Crippen molar-refractivity contribution in [3.8, 4) is 22.1 Å². The number of carbonyl (C=O) groups excluding carboxylic acids is 2. The summed E-state index contributed by atoms with van der Waals surface area (Å²) in [5.74, 6) is 0.180. The minimum absolute atomic E-state index is 0.0688. The first kappa shape index (κ1) is 17.5. The fourth-order valence-corrected chi connectivity index (χ4v) is 3.91. The van der Waals surface area contributed by atoms with Gasteiger partial charge in [-0.2, -0.15) is 11.3 Å². The minimum atomic E-state index is -0.533. The first-order valence-electron chi connectivity index (χ1n) is 7.99. The lowest BCUT2D eigenvalue weighted by Crippen LogP contribution is -2.30. The Balaban J connectivity index is 1.25. The number of benzene rings is 1. The second-order valence-electron chi connectivity index (χ2n) is 5.57. The Morgan fingerprint density at radius 1 is 1.19 bits per heavy atom.